The maximum atomic E-state index is 13.4. The predicted octanol–water partition coefficient (Wildman–Crippen LogP) is 6.47. The topological polar surface area (TPSA) is 38.1 Å². The molecule has 1 unspecified atom stereocenters. The van der Waals surface area contributed by atoms with E-state index < -0.39 is 0 Å². The molecular formula is C29H30Cl2FN3O. The van der Waals surface area contributed by atoms with Crippen LogP contribution < -0.4 is 5.56 Å². The smallest absolute Gasteiger partial charge is 0.274 e. The van der Waals surface area contributed by atoms with E-state index in [0.29, 0.717) is 11.4 Å². The molecule has 0 spiro atoms. The van der Waals surface area contributed by atoms with Crippen LogP contribution >= 0.6 is 24.0 Å². The van der Waals surface area contributed by atoms with Gasteiger partial charge in [-0.05, 0) is 73.7 Å². The van der Waals surface area contributed by atoms with Crippen molar-refractivity contribution in [2.45, 2.75) is 38.1 Å². The predicted molar refractivity (Wildman–Crippen MR) is 147 cm³/mol. The Hall–Kier alpha value is -2.73. The van der Waals surface area contributed by atoms with E-state index in [1.54, 1.807) is 4.68 Å². The summed E-state index contributed by atoms with van der Waals surface area (Å²) in [7, 11) is 0. The molecule has 1 atom stereocenters. The summed E-state index contributed by atoms with van der Waals surface area (Å²) in [4.78, 5) is 15.9. The van der Waals surface area contributed by atoms with Crippen molar-refractivity contribution >= 4 is 34.8 Å². The minimum absolute atomic E-state index is 0. The third kappa shape index (κ3) is 6.15. The van der Waals surface area contributed by atoms with Gasteiger partial charge in [-0.1, -0.05) is 54.1 Å². The van der Waals surface area contributed by atoms with Gasteiger partial charge in [-0.3, -0.25) is 4.79 Å². The second kappa shape index (κ2) is 12.0. The second-order valence-electron chi connectivity index (χ2n) is 9.35. The van der Waals surface area contributed by atoms with Gasteiger partial charge in [0.25, 0.3) is 5.56 Å². The molecule has 1 aliphatic rings. The van der Waals surface area contributed by atoms with Crippen LogP contribution in [-0.2, 0) is 12.8 Å². The summed E-state index contributed by atoms with van der Waals surface area (Å²) < 4.78 is 14.9. The molecule has 0 bridgehead atoms. The number of hydrogen-bond donors (Lipinski definition) is 0. The highest BCUT2D eigenvalue weighted by Gasteiger charge is 2.22. The number of aromatic nitrogens is 2. The molecule has 1 aliphatic heterocycles. The second-order valence-corrected chi connectivity index (χ2v) is 9.78. The van der Waals surface area contributed by atoms with E-state index >= 15 is 0 Å². The minimum Gasteiger partial charge on any atom is -0.303 e. The largest absolute Gasteiger partial charge is 0.303 e. The molecule has 4 nitrogen and oxygen atoms in total. The summed E-state index contributed by atoms with van der Waals surface area (Å²) in [6, 6.07) is 22.4. The van der Waals surface area contributed by atoms with Gasteiger partial charge in [-0.25, -0.2) is 9.07 Å². The molecule has 1 saturated heterocycles. The maximum absolute atomic E-state index is 13.4. The molecule has 0 aliphatic carbocycles. The van der Waals surface area contributed by atoms with E-state index in [-0.39, 0.29) is 29.8 Å². The molecule has 3 aromatic carbocycles. The van der Waals surface area contributed by atoms with E-state index in [0.717, 1.165) is 72.9 Å². The molecule has 0 amide bonds. The lowest BCUT2D eigenvalue weighted by Gasteiger charge is -2.21. The van der Waals surface area contributed by atoms with Gasteiger partial charge in [-0.2, -0.15) is 5.10 Å². The first kappa shape index (κ1) is 26.3. The number of nitrogens with zero attached hydrogens (tertiary/aromatic N) is 3. The Kier molecular flexibility index (Phi) is 8.78. The molecule has 2 heterocycles. The van der Waals surface area contributed by atoms with Crippen molar-refractivity contribution in [2.75, 3.05) is 19.6 Å². The normalized spacial score (nSPS) is 16.4. The quantitative estimate of drug-likeness (QED) is 0.289. The lowest BCUT2D eigenvalue weighted by molar-refractivity contribution is 0.281. The number of rotatable bonds is 6. The van der Waals surface area contributed by atoms with Crippen LogP contribution in [0.5, 0.6) is 0 Å². The van der Waals surface area contributed by atoms with Gasteiger partial charge in [0, 0.05) is 29.9 Å². The minimum atomic E-state index is -0.199. The lowest BCUT2D eigenvalue weighted by Crippen LogP contribution is -2.30. The molecule has 1 aromatic heterocycles. The van der Waals surface area contributed by atoms with Crippen molar-refractivity contribution in [3.8, 4) is 0 Å². The van der Waals surface area contributed by atoms with Crippen LogP contribution in [0.2, 0.25) is 5.02 Å². The van der Waals surface area contributed by atoms with Crippen molar-refractivity contribution < 1.29 is 4.39 Å². The Morgan fingerprint density at radius 2 is 1.58 bits per heavy atom. The van der Waals surface area contributed by atoms with Gasteiger partial charge in [0.15, 0.2) is 0 Å². The Balaban J connectivity index is 0.00000304. The fourth-order valence-electron chi connectivity index (χ4n) is 4.99. The summed E-state index contributed by atoms with van der Waals surface area (Å²) >= 11 is 6.07. The van der Waals surface area contributed by atoms with Crippen LogP contribution in [0, 0.1) is 5.82 Å². The fourth-order valence-corrected chi connectivity index (χ4v) is 5.12. The molecule has 7 heteroatoms. The Bertz CT molecular complexity index is 1360. The van der Waals surface area contributed by atoms with E-state index in [2.05, 4.69) is 4.90 Å². The zero-order chi connectivity index (χ0) is 24.2. The average Bonchev–Trinajstić information content (AvgIpc) is 3.12. The van der Waals surface area contributed by atoms with Crippen molar-refractivity contribution in [2.24, 2.45) is 0 Å². The highest BCUT2D eigenvalue weighted by molar-refractivity contribution is 6.30. The van der Waals surface area contributed by atoms with E-state index in [1.807, 2.05) is 60.7 Å². The number of hydrogen-bond acceptors (Lipinski definition) is 3. The molecule has 0 saturated carbocycles. The molecule has 4 aromatic rings. The molecule has 5 rings (SSSR count). The van der Waals surface area contributed by atoms with E-state index in [9.17, 15) is 9.18 Å². The molecule has 0 N–H and O–H groups in total. The van der Waals surface area contributed by atoms with Crippen molar-refractivity contribution in [1.29, 1.82) is 0 Å². The fraction of sp³-hybridized carbons (Fsp3) is 0.310. The third-order valence-corrected chi connectivity index (χ3v) is 7.21. The van der Waals surface area contributed by atoms with Crippen molar-refractivity contribution in [3.05, 3.63) is 111 Å². The van der Waals surface area contributed by atoms with Crippen LogP contribution in [0.25, 0.3) is 10.8 Å². The number of fused-ring (bicyclic) bond motifs is 1. The molecule has 0 radical (unpaired) electrons. The maximum Gasteiger partial charge on any atom is 0.274 e. The van der Waals surface area contributed by atoms with Crippen LogP contribution in [0.15, 0.2) is 77.6 Å². The van der Waals surface area contributed by atoms with Crippen molar-refractivity contribution in [3.63, 3.8) is 0 Å². The summed E-state index contributed by atoms with van der Waals surface area (Å²) in [5.74, 6) is -0.199. The molecule has 36 heavy (non-hydrogen) atoms. The average molecular weight is 526 g/mol. The van der Waals surface area contributed by atoms with Gasteiger partial charge in [-0.15, -0.1) is 12.4 Å². The zero-order valence-corrected chi connectivity index (χ0v) is 21.6. The zero-order valence-electron chi connectivity index (χ0n) is 20.1. The molecular weight excluding hydrogens is 496 g/mol. The van der Waals surface area contributed by atoms with Gasteiger partial charge in [0.05, 0.1) is 17.1 Å². The van der Waals surface area contributed by atoms with Crippen LogP contribution in [0.1, 0.15) is 42.1 Å². The lowest BCUT2D eigenvalue weighted by atomic mass is 10.0. The first-order valence-corrected chi connectivity index (χ1v) is 12.7. The Morgan fingerprint density at radius 1 is 0.889 bits per heavy atom. The summed E-state index contributed by atoms with van der Waals surface area (Å²) in [6.45, 7) is 2.84. The number of benzene rings is 3. The summed E-state index contributed by atoms with van der Waals surface area (Å²) in [5.41, 5.74) is 3.17. The first-order valence-electron chi connectivity index (χ1n) is 12.3. The standard InChI is InChI=1S/C29H29ClFN3O.ClH/c30-23-11-7-22(8-12-23)20-28-26-5-1-2-6-27(26)29(35)34(32-28)25-4-3-17-33(19-16-25)18-15-21-9-13-24(31)14-10-21;/h1-2,5-14,25H,3-4,15-20H2;1H. The number of halogens is 3. The van der Waals surface area contributed by atoms with Gasteiger partial charge in [0.2, 0.25) is 0 Å². The third-order valence-electron chi connectivity index (χ3n) is 6.96. The SMILES string of the molecule is Cl.O=c1c2ccccc2c(Cc2ccc(Cl)cc2)nn1C1CCCN(CCc2ccc(F)cc2)CC1. The summed E-state index contributed by atoms with van der Waals surface area (Å²) in [5, 5.41) is 7.28. The van der Waals surface area contributed by atoms with Gasteiger partial charge < -0.3 is 4.90 Å². The monoisotopic (exact) mass is 525 g/mol. The van der Waals surface area contributed by atoms with Crippen LogP contribution in [0.4, 0.5) is 4.39 Å². The molecule has 1 fully saturated rings. The highest BCUT2D eigenvalue weighted by Crippen LogP contribution is 2.24. The van der Waals surface area contributed by atoms with E-state index in [4.69, 9.17) is 16.7 Å². The van der Waals surface area contributed by atoms with Crippen molar-refractivity contribution in [1.82, 2.24) is 14.7 Å². The first-order chi connectivity index (χ1) is 17.1. The van der Waals surface area contributed by atoms with Gasteiger partial charge >= 0.3 is 0 Å². The van der Waals surface area contributed by atoms with E-state index in [1.165, 1.54) is 12.1 Å². The Morgan fingerprint density at radius 3 is 2.33 bits per heavy atom. The van der Waals surface area contributed by atoms with Gasteiger partial charge in [0.1, 0.15) is 5.82 Å². The molecule has 188 valence electrons. The highest BCUT2D eigenvalue weighted by atomic mass is 35.5. The van der Waals surface area contributed by atoms with Crippen LogP contribution in [-0.4, -0.2) is 34.3 Å². The Labute approximate surface area is 222 Å². The number of likely N-dealkylation sites (tertiary alicyclic amines) is 1. The van der Waals surface area contributed by atoms with Crippen LogP contribution in [0.3, 0.4) is 0 Å². The summed E-state index contributed by atoms with van der Waals surface area (Å²) in [6.07, 6.45) is 4.37.